The zero-order valence-corrected chi connectivity index (χ0v) is 16.1. The lowest BCUT2D eigenvalue weighted by Crippen LogP contribution is -2.43. The van der Waals surface area contributed by atoms with Crippen LogP contribution in [0.15, 0.2) is 41.6 Å². The summed E-state index contributed by atoms with van der Waals surface area (Å²) in [6.45, 7) is 2.29. The van der Waals surface area contributed by atoms with Gasteiger partial charge in [-0.3, -0.25) is 9.69 Å². The topological polar surface area (TPSA) is 41.9 Å². The van der Waals surface area contributed by atoms with Gasteiger partial charge in [0.2, 0.25) is 0 Å². The van der Waals surface area contributed by atoms with Crippen LogP contribution < -0.4 is 0 Å². The fourth-order valence-electron chi connectivity index (χ4n) is 4.79. The van der Waals surface area contributed by atoms with E-state index in [0.29, 0.717) is 11.5 Å². The third kappa shape index (κ3) is 3.91. The molecule has 0 aromatic heterocycles. The van der Waals surface area contributed by atoms with E-state index >= 15 is 0 Å². The van der Waals surface area contributed by atoms with Crippen LogP contribution >= 0.6 is 0 Å². The molecular formula is C23H28N2O2. The number of carbonyl (C=O) groups excluding carboxylic acids is 1. The number of oxime groups is 1. The van der Waals surface area contributed by atoms with Gasteiger partial charge in [-0.15, -0.1) is 0 Å². The van der Waals surface area contributed by atoms with Crippen molar-refractivity contribution in [3.8, 4) is 0 Å². The molecule has 4 heteroatoms. The first-order chi connectivity index (χ1) is 13.3. The van der Waals surface area contributed by atoms with E-state index in [9.17, 15) is 4.79 Å². The van der Waals surface area contributed by atoms with Crippen molar-refractivity contribution in [2.75, 3.05) is 20.2 Å². The van der Waals surface area contributed by atoms with E-state index < -0.39 is 0 Å². The Morgan fingerprint density at radius 1 is 1.07 bits per heavy atom. The third-order valence-corrected chi connectivity index (χ3v) is 6.17. The number of rotatable bonds is 5. The van der Waals surface area contributed by atoms with Gasteiger partial charge in [-0.1, -0.05) is 42.3 Å². The molecule has 1 aliphatic carbocycles. The summed E-state index contributed by atoms with van der Waals surface area (Å²) in [5.41, 5.74) is 2.89. The first kappa shape index (κ1) is 18.2. The van der Waals surface area contributed by atoms with Crippen LogP contribution in [0, 0.1) is 5.92 Å². The van der Waals surface area contributed by atoms with E-state index in [0.717, 1.165) is 47.3 Å². The summed E-state index contributed by atoms with van der Waals surface area (Å²) < 4.78 is 0. The highest BCUT2D eigenvalue weighted by Crippen LogP contribution is 2.30. The molecule has 2 aromatic carbocycles. The van der Waals surface area contributed by atoms with Crippen LogP contribution in [0.4, 0.5) is 0 Å². The van der Waals surface area contributed by atoms with Gasteiger partial charge in [0.15, 0.2) is 0 Å². The van der Waals surface area contributed by atoms with Crippen molar-refractivity contribution < 1.29 is 9.63 Å². The number of hydrogen-bond acceptors (Lipinski definition) is 4. The van der Waals surface area contributed by atoms with E-state index in [4.69, 9.17) is 4.84 Å². The molecule has 1 heterocycles. The van der Waals surface area contributed by atoms with Crippen LogP contribution in [-0.4, -0.2) is 43.1 Å². The molecule has 0 N–H and O–H groups in total. The number of nitrogens with zero attached hydrogens (tertiary/aromatic N) is 2. The van der Waals surface area contributed by atoms with E-state index in [1.165, 1.54) is 38.6 Å². The normalized spacial score (nSPS) is 22.3. The van der Waals surface area contributed by atoms with Crippen molar-refractivity contribution in [3.63, 3.8) is 0 Å². The van der Waals surface area contributed by atoms with Gasteiger partial charge in [0, 0.05) is 29.6 Å². The molecular weight excluding hydrogens is 336 g/mol. The molecule has 0 amide bonds. The highest BCUT2D eigenvalue weighted by atomic mass is 16.6. The molecule has 1 unspecified atom stereocenters. The Labute approximate surface area is 161 Å². The smallest absolute Gasteiger partial charge is 0.150 e. The second-order valence-electron chi connectivity index (χ2n) is 7.87. The summed E-state index contributed by atoms with van der Waals surface area (Å²) in [4.78, 5) is 18.9. The van der Waals surface area contributed by atoms with Crippen molar-refractivity contribution in [1.29, 1.82) is 0 Å². The Kier molecular flexibility index (Phi) is 5.53. The van der Waals surface area contributed by atoms with Gasteiger partial charge in [-0.25, -0.2) is 0 Å². The molecule has 27 heavy (non-hydrogen) atoms. The zero-order chi connectivity index (χ0) is 18.6. The van der Waals surface area contributed by atoms with Crippen LogP contribution in [0.25, 0.3) is 10.8 Å². The highest BCUT2D eigenvalue weighted by molar-refractivity contribution is 6.05. The predicted molar refractivity (Wildman–Crippen MR) is 109 cm³/mol. The summed E-state index contributed by atoms with van der Waals surface area (Å²) in [5, 5.41) is 6.66. The Morgan fingerprint density at radius 3 is 2.63 bits per heavy atom. The zero-order valence-electron chi connectivity index (χ0n) is 16.1. The molecule has 4 nitrogen and oxygen atoms in total. The molecule has 0 spiro atoms. The van der Waals surface area contributed by atoms with Crippen molar-refractivity contribution >= 4 is 22.8 Å². The lowest BCUT2D eigenvalue weighted by Gasteiger charge is -2.37. The minimum atomic E-state index is 0.408. The minimum Gasteiger partial charge on any atom is -0.399 e. The summed E-state index contributed by atoms with van der Waals surface area (Å²) in [6.07, 6.45) is 8.71. The Morgan fingerprint density at radius 2 is 1.85 bits per heavy atom. The first-order valence-corrected chi connectivity index (χ1v) is 10.1. The van der Waals surface area contributed by atoms with Crippen molar-refractivity contribution in [2.24, 2.45) is 11.1 Å². The monoisotopic (exact) mass is 364 g/mol. The van der Waals surface area contributed by atoms with Gasteiger partial charge in [0.1, 0.15) is 13.4 Å². The molecule has 4 rings (SSSR count). The maximum Gasteiger partial charge on any atom is 0.150 e. The molecule has 0 bridgehead atoms. The van der Waals surface area contributed by atoms with Crippen molar-refractivity contribution in [1.82, 2.24) is 4.90 Å². The van der Waals surface area contributed by atoms with Gasteiger partial charge < -0.3 is 4.84 Å². The standard InChI is InChI=1S/C23H28N2O2/c1-27-24-23(21-5-4-12-25(15-21)22-6-2-3-7-22)20-11-10-18-13-17(16-26)8-9-19(18)14-20/h8-11,13-14,16,21-22H,2-7,12,15H2,1H3/b24-23-. The van der Waals surface area contributed by atoms with Crippen molar-refractivity contribution in [2.45, 2.75) is 44.6 Å². The Bertz CT molecular complexity index is 839. The SMILES string of the molecule is CO/N=C(/c1ccc2cc(C=O)ccc2c1)C1CCCN(C2CCCC2)C1. The Balaban J connectivity index is 1.61. The highest BCUT2D eigenvalue weighted by Gasteiger charge is 2.31. The number of piperidine rings is 1. The summed E-state index contributed by atoms with van der Waals surface area (Å²) in [6, 6.07) is 12.9. The maximum absolute atomic E-state index is 11.0. The molecule has 1 saturated carbocycles. The average Bonchev–Trinajstić information content (AvgIpc) is 3.26. The molecule has 2 aromatic rings. The fourth-order valence-corrected chi connectivity index (χ4v) is 4.79. The number of benzene rings is 2. The number of hydrogen-bond donors (Lipinski definition) is 0. The number of likely N-dealkylation sites (tertiary alicyclic amines) is 1. The number of fused-ring (bicyclic) bond motifs is 1. The maximum atomic E-state index is 11.0. The van der Waals surface area contributed by atoms with Gasteiger partial charge in [-0.2, -0.15) is 0 Å². The largest absolute Gasteiger partial charge is 0.399 e. The third-order valence-electron chi connectivity index (χ3n) is 6.17. The van der Waals surface area contributed by atoms with Crippen LogP contribution in [0.3, 0.4) is 0 Å². The first-order valence-electron chi connectivity index (χ1n) is 10.1. The van der Waals surface area contributed by atoms with Crippen LogP contribution in [0.5, 0.6) is 0 Å². The molecule has 1 aliphatic heterocycles. The van der Waals surface area contributed by atoms with Crippen LogP contribution in [0.2, 0.25) is 0 Å². The summed E-state index contributed by atoms with van der Waals surface area (Å²) in [7, 11) is 1.63. The van der Waals surface area contributed by atoms with E-state index in [2.05, 4.69) is 28.3 Å². The molecule has 142 valence electrons. The molecule has 2 fully saturated rings. The van der Waals surface area contributed by atoms with Crippen molar-refractivity contribution in [3.05, 3.63) is 47.5 Å². The quantitative estimate of drug-likeness (QED) is 0.440. The fraction of sp³-hybridized carbons (Fsp3) is 0.478. The van der Waals surface area contributed by atoms with E-state index in [1.54, 1.807) is 7.11 Å². The lowest BCUT2D eigenvalue weighted by molar-refractivity contribution is 0.112. The number of carbonyl (C=O) groups is 1. The average molecular weight is 364 g/mol. The Hall–Kier alpha value is -2.20. The van der Waals surface area contributed by atoms with E-state index in [1.807, 2.05) is 18.2 Å². The molecule has 1 atom stereocenters. The van der Waals surface area contributed by atoms with Crippen LogP contribution in [0.1, 0.15) is 54.4 Å². The summed E-state index contributed by atoms with van der Waals surface area (Å²) in [5.74, 6) is 0.408. The molecule has 1 saturated heterocycles. The van der Waals surface area contributed by atoms with Gasteiger partial charge >= 0.3 is 0 Å². The second-order valence-corrected chi connectivity index (χ2v) is 7.87. The van der Waals surface area contributed by atoms with Gasteiger partial charge in [0.05, 0.1) is 5.71 Å². The van der Waals surface area contributed by atoms with E-state index in [-0.39, 0.29) is 0 Å². The minimum absolute atomic E-state index is 0.408. The second kappa shape index (κ2) is 8.22. The molecule has 0 radical (unpaired) electrons. The number of aldehydes is 1. The van der Waals surface area contributed by atoms with Gasteiger partial charge in [-0.05, 0) is 55.1 Å². The van der Waals surface area contributed by atoms with Crippen LogP contribution in [-0.2, 0) is 4.84 Å². The van der Waals surface area contributed by atoms with Gasteiger partial charge in [0.25, 0.3) is 0 Å². The summed E-state index contributed by atoms with van der Waals surface area (Å²) >= 11 is 0. The molecule has 2 aliphatic rings. The lowest BCUT2D eigenvalue weighted by atomic mass is 9.87. The predicted octanol–water partition coefficient (Wildman–Crippen LogP) is 4.66.